The first-order valence-electron chi connectivity index (χ1n) is 7.15. The second-order valence-electron chi connectivity index (χ2n) is 5.41. The third kappa shape index (κ3) is 5.93. The summed E-state index contributed by atoms with van der Waals surface area (Å²) in [6.45, 7) is 7.24. The SMILES string of the molecule is CCCCc1nc(Cl)c(CNCC(C)(O)CCC)[nH]1. The van der Waals surface area contributed by atoms with Gasteiger partial charge in [-0.3, -0.25) is 0 Å². The minimum absolute atomic E-state index is 0.536. The van der Waals surface area contributed by atoms with Gasteiger partial charge >= 0.3 is 0 Å². The van der Waals surface area contributed by atoms with Crippen molar-refractivity contribution in [3.63, 3.8) is 0 Å². The van der Waals surface area contributed by atoms with Crippen LogP contribution in [0.4, 0.5) is 0 Å². The van der Waals surface area contributed by atoms with E-state index in [0.29, 0.717) is 18.2 Å². The molecule has 0 saturated heterocycles. The molecule has 1 unspecified atom stereocenters. The Bertz CT molecular complexity index is 377. The molecule has 0 aliphatic carbocycles. The van der Waals surface area contributed by atoms with Crippen molar-refractivity contribution in [1.29, 1.82) is 0 Å². The number of unbranched alkanes of at least 4 members (excludes halogenated alkanes) is 1. The van der Waals surface area contributed by atoms with E-state index >= 15 is 0 Å². The molecule has 0 radical (unpaired) electrons. The van der Waals surface area contributed by atoms with Crippen LogP contribution in [0.5, 0.6) is 0 Å². The van der Waals surface area contributed by atoms with Crippen LogP contribution in [-0.4, -0.2) is 27.2 Å². The predicted octanol–water partition coefficient (Wildman–Crippen LogP) is 3.05. The molecule has 0 aliphatic heterocycles. The number of aromatic amines is 1. The van der Waals surface area contributed by atoms with Crippen molar-refractivity contribution in [2.75, 3.05) is 6.54 Å². The Morgan fingerprint density at radius 3 is 2.74 bits per heavy atom. The van der Waals surface area contributed by atoms with Crippen LogP contribution >= 0.6 is 11.6 Å². The minimum Gasteiger partial charge on any atom is -0.389 e. The molecule has 4 nitrogen and oxygen atoms in total. The van der Waals surface area contributed by atoms with Gasteiger partial charge in [-0.15, -0.1) is 0 Å². The van der Waals surface area contributed by atoms with Crippen molar-refractivity contribution >= 4 is 11.6 Å². The zero-order valence-corrected chi connectivity index (χ0v) is 13.0. The third-order valence-corrected chi connectivity index (χ3v) is 3.45. The lowest BCUT2D eigenvalue weighted by Crippen LogP contribution is -2.37. The highest BCUT2D eigenvalue weighted by molar-refractivity contribution is 6.30. The second kappa shape index (κ2) is 7.88. The summed E-state index contributed by atoms with van der Waals surface area (Å²) >= 11 is 6.09. The number of nitrogens with zero attached hydrogens (tertiary/aromatic N) is 1. The molecule has 0 spiro atoms. The van der Waals surface area contributed by atoms with Crippen molar-refractivity contribution in [1.82, 2.24) is 15.3 Å². The van der Waals surface area contributed by atoms with E-state index in [-0.39, 0.29) is 0 Å². The maximum Gasteiger partial charge on any atom is 0.151 e. The molecule has 0 saturated carbocycles. The predicted molar refractivity (Wildman–Crippen MR) is 79.4 cm³/mol. The van der Waals surface area contributed by atoms with Crippen molar-refractivity contribution < 1.29 is 5.11 Å². The van der Waals surface area contributed by atoms with E-state index in [4.69, 9.17) is 11.6 Å². The number of halogens is 1. The maximum absolute atomic E-state index is 10.1. The summed E-state index contributed by atoms with van der Waals surface area (Å²) in [5.41, 5.74) is 0.242. The van der Waals surface area contributed by atoms with Crippen molar-refractivity contribution in [2.24, 2.45) is 0 Å². The van der Waals surface area contributed by atoms with E-state index in [1.165, 1.54) is 0 Å². The number of imidazole rings is 1. The van der Waals surface area contributed by atoms with Crippen LogP contribution < -0.4 is 5.32 Å². The number of hydrogen-bond acceptors (Lipinski definition) is 3. The Morgan fingerprint density at radius 2 is 2.11 bits per heavy atom. The summed E-state index contributed by atoms with van der Waals surface area (Å²) in [5.74, 6) is 0.948. The average Bonchev–Trinajstić information content (AvgIpc) is 2.67. The Kier molecular flexibility index (Phi) is 6.83. The zero-order chi connectivity index (χ0) is 14.3. The highest BCUT2D eigenvalue weighted by atomic mass is 35.5. The number of aryl methyl sites for hydroxylation is 1. The average molecular weight is 288 g/mol. The van der Waals surface area contributed by atoms with Crippen LogP contribution in [0.1, 0.15) is 58.0 Å². The topological polar surface area (TPSA) is 60.9 Å². The molecular formula is C14H26ClN3O. The van der Waals surface area contributed by atoms with Gasteiger partial charge in [-0.2, -0.15) is 0 Å². The Labute approximate surface area is 121 Å². The molecule has 3 N–H and O–H groups in total. The van der Waals surface area contributed by atoms with Gasteiger partial charge in [0.25, 0.3) is 0 Å². The van der Waals surface area contributed by atoms with Gasteiger partial charge in [0.1, 0.15) is 5.82 Å². The van der Waals surface area contributed by atoms with Gasteiger partial charge in [0, 0.05) is 19.5 Å². The molecular weight excluding hydrogens is 262 g/mol. The fourth-order valence-electron chi connectivity index (χ4n) is 2.10. The molecule has 0 bridgehead atoms. The van der Waals surface area contributed by atoms with Crippen LogP contribution in [0.3, 0.4) is 0 Å². The molecule has 1 atom stereocenters. The highest BCUT2D eigenvalue weighted by Crippen LogP contribution is 2.15. The lowest BCUT2D eigenvalue weighted by molar-refractivity contribution is 0.0497. The molecule has 0 fully saturated rings. The first-order valence-corrected chi connectivity index (χ1v) is 7.52. The first-order chi connectivity index (χ1) is 8.98. The Balaban J connectivity index is 2.42. The standard InChI is InChI=1S/C14H26ClN3O/c1-4-6-7-12-17-11(13(15)18-12)9-16-10-14(3,19)8-5-2/h16,19H,4-10H2,1-3H3,(H,17,18). The monoisotopic (exact) mass is 287 g/mol. The van der Waals surface area contributed by atoms with Crippen LogP contribution in [0.2, 0.25) is 5.15 Å². The molecule has 0 amide bonds. The van der Waals surface area contributed by atoms with Gasteiger partial charge in [-0.1, -0.05) is 38.3 Å². The molecule has 1 heterocycles. The van der Waals surface area contributed by atoms with E-state index in [1.54, 1.807) is 0 Å². The highest BCUT2D eigenvalue weighted by Gasteiger charge is 2.18. The summed E-state index contributed by atoms with van der Waals surface area (Å²) < 4.78 is 0. The molecule has 110 valence electrons. The summed E-state index contributed by atoms with van der Waals surface area (Å²) in [4.78, 5) is 7.55. The van der Waals surface area contributed by atoms with Crippen LogP contribution in [0.15, 0.2) is 0 Å². The van der Waals surface area contributed by atoms with E-state index in [9.17, 15) is 5.11 Å². The van der Waals surface area contributed by atoms with Crippen molar-refractivity contribution in [3.05, 3.63) is 16.7 Å². The van der Waals surface area contributed by atoms with E-state index in [0.717, 1.165) is 43.6 Å². The summed E-state index contributed by atoms with van der Waals surface area (Å²) in [6.07, 6.45) is 4.95. The third-order valence-electron chi connectivity index (χ3n) is 3.14. The molecule has 5 heteroatoms. The lowest BCUT2D eigenvalue weighted by atomic mass is 10.0. The smallest absolute Gasteiger partial charge is 0.151 e. The molecule has 0 aromatic carbocycles. The van der Waals surface area contributed by atoms with Crippen LogP contribution in [-0.2, 0) is 13.0 Å². The molecule has 1 rings (SSSR count). The Hall–Kier alpha value is -0.580. The fraction of sp³-hybridized carbons (Fsp3) is 0.786. The zero-order valence-electron chi connectivity index (χ0n) is 12.2. The Morgan fingerprint density at radius 1 is 1.37 bits per heavy atom. The van der Waals surface area contributed by atoms with Gasteiger partial charge in [-0.25, -0.2) is 4.98 Å². The van der Waals surface area contributed by atoms with Crippen LogP contribution in [0.25, 0.3) is 0 Å². The summed E-state index contributed by atoms with van der Waals surface area (Å²) in [7, 11) is 0. The second-order valence-corrected chi connectivity index (χ2v) is 5.76. The first kappa shape index (κ1) is 16.5. The van der Waals surface area contributed by atoms with Crippen molar-refractivity contribution in [3.8, 4) is 0 Å². The fourth-order valence-corrected chi connectivity index (χ4v) is 2.32. The van der Waals surface area contributed by atoms with E-state index < -0.39 is 5.60 Å². The van der Waals surface area contributed by atoms with Gasteiger partial charge in [-0.05, 0) is 19.8 Å². The number of aliphatic hydroxyl groups is 1. The van der Waals surface area contributed by atoms with E-state index in [2.05, 4.69) is 29.1 Å². The van der Waals surface area contributed by atoms with Gasteiger partial charge < -0.3 is 15.4 Å². The molecule has 1 aromatic heterocycles. The van der Waals surface area contributed by atoms with Crippen molar-refractivity contribution in [2.45, 2.75) is 65.0 Å². The normalized spacial score (nSPS) is 14.6. The number of H-pyrrole nitrogens is 1. The summed E-state index contributed by atoms with van der Waals surface area (Å²) in [5, 5.41) is 13.8. The number of aromatic nitrogens is 2. The largest absolute Gasteiger partial charge is 0.389 e. The molecule has 0 aliphatic rings. The van der Waals surface area contributed by atoms with Gasteiger partial charge in [0.2, 0.25) is 0 Å². The summed E-state index contributed by atoms with van der Waals surface area (Å²) in [6, 6.07) is 0. The van der Waals surface area contributed by atoms with E-state index in [1.807, 2.05) is 6.92 Å². The molecule has 1 aromatic rings. The van der Waals surface area contributed by atoms with Crippen LogP contribution in [0, 0.1) is 0 Å². The molecule has 19 heavy (non-hydrogen) atoms. The number of nitrogens with one attached hydrogen (secondary N) is 2. The van der Waals surface area contributed by atoms with Gasteiger partial charge in [0.05, 0.1) is 11.3 Å². The van der Waals surface area contributed by atoms with Gasteiger partial charge in [0.15, 0.2) is 5.15 Å². The quantitative estimate of drug-likeness (QED) is 0.654. The lowest BCUT2D eigenvalue weighted by Gasteiger charge is -2.22. The number of hydrogen-bond donors (Lipinski definition) is 3. The maximum atomic E-state index is 10.1. The minimum atomic E-state index is -0.660. The number of rotatable bonds is 9.